The van der Waals surface area contributed by atoms with E-state index < -0.39 is 0 Å². The van der Waals surface area contributed by atoms with Crippen molar-refractivity contribution in [3.8, 4) is 0 Å². The van der Waals surface area contributed by atoms with E-state index in [0.29, 0.717) is 0 Å². The summed E-state index contributed by atoms with van der Waals surface area (Å²) in [4.78, 5) is 1.99. The van der Waals surface area contributed by atoms with E-state index in [2.05, 4.69) is 69.0 Å². The van der Waals surface area contributed by atoms with Crippen LogP contribution in [0.25, 0.3) is 5.57 Å². The zero-order chi connectivity index (χ0) is 19.2. The van der Waals surface area contributed by atoms with Gasteiger partial charge in [-0.1, -0.05) is 55.1 Å². The lowest BCUT2D eigenvalue weighted by atomic mass is 9.96. The summed E-state index contributed by atoms with van der Waals surface area (Å²) in [6, 6.07) is 23.4. The van der Waals surface area contributed by atoms with Gasteiger partial charge in [-0.15, -0.1) is 0 Å². The molecule has 136 valence electrons. The predicted octanol–water partition coefficient (Wildman–Crippen LogP) is 7.06. The second-order valence-corrected chi connectivity index (χ2v) is 6.51. The van der Waals surface area contributed by atoms with Crippen LogP contribution in [0.3, 0.4) is 0 Å². The molecular weight excluding hydrogens is 333 g/mol. The summed E-state index contributed by atoms with van der Waals surface area (Å²) in [5.41, 5.74) is 6.80. The average Bonchev–Trinajstić information content (AvgIpc) is 2.70. The highest BCUT2D eigenvalue weighted by Crippen LogP contribution is 2.32. The molecule has 3 aromatic carbocycles. The van der Waals surface area contributed by atoms with E-state index >= 15 is 0 Å². The van der Waals surface area contributed by atoms with Crippen LogP contribution in [0.2, 0.25) is 0 Å². The van der Waals surface area contributed by atoms with Gasteiger partial charge in [-0.3, -0.25) is 0 Å². The van der Waals surface area contributed by atoms with E-state index in [-0.39, 0.29) is 5.82 Å². The molecule has 1 nitrogen and oxygen atoms in total. The number of aryl methyl sites for hydroxylation is 1. The Morgan fingerprint density at radius 3 is 2.33 bits per heavy atom. The van der Waals surface area contributed by atoms with E-state index in [9.17, 15) is 4.39 Å². The number of anilines is 2. The third-order valence-corrected chi connectivity index (χ3v) is 4.71. The lowest BCUT2D eigenvalue weighted by Gasteiger charge is -2.23. The molecule has 0 fully saturated rings. The highest BCUT2D eigenvalue weighted by molar-refractivity contribution is 5.76. The second-order valence-electron chi connectivity index (χ2n) is 6.51. The predicted molar refractivity (Wildman–Crippen MR) is 114 cm³/mol. The fourth-order valence-electron chi connectivity index (χ4n) is 3.20. The van der Waals surface area contributed by atoms with Crippen LogP contribution in [-0.2, 0) is 6.42 Å². The monoisotopic (exact) mass is 357 g/mol. The molecule has 0 atom stereocenters. The van der Waals surface area contributed by atoms with Gasteiger partial charge in [0, 0.05) is 17.6 Å². The Kier molecular flexibility index (Phi) is 5.87. The van der Waals surface area contributed by atoms with Gasteiger partial charge in [-0.2, -0.15) is 0 Å². The number of rotatable bonds is 6. The van der Waals surface area contributed by atoms with Gasteiger partial charge < -0.3 is 4.90 Å². The molecule has 0 saturated heterocycles. The van der Waals surface area contributed by atoms with Crippen molar-refractivity contribution in [3.63, 3.8) is 0 Å². The molecule has 0 saturated carbocycles. The molecule has 0 heterocycles. The molecule has 0 aliphatic rings. The largest absolute Gasteiger partial charge is 0.317 e. The Bertz CT molecular complexity index is 940. The van der Waals surface area contributed by atoms with Crippen LogP contribution >= 0.6 is 0 Å². The maximum atomic E-state index is 13.3. The molecule has 0 N–H and O–H groups in total. The van der Waals surface area contributed by atoms with Gasteiger partial charge in [0.25, 0.3) is 0 Å². The summed E-state index contributed by atoms with van der Waals surface area (Å²) < 4.78 is 13.3. The zero-order valence-corrected chi connectivity index (χ0v) is 15.8. The van der Waals surface area contributed by atoms with Gasteiger partial charge >= 0.3 is 0 Å². The number of halogens is 1. The van der Waals surface area contributed by atoms with Crippen LogP contribution in [0.5, 0.6) is 0 Å². The fraction of sp³-hybridized carbons (Fsp3) is 0.120. The zero-order valence-electron chi connectivity index (χ0n) is 15.8. The van der Waals surface area contributed by atoms with E-state index in [1.54, 1.807) is 18.3 Å². The first kappa shape index (κ1) is 18.7. The summed E-state index contributed by atoms with van der Waals surface area (Å²) >= 11 is 0. The highest BCUT2D eigenvalue weighted by Gasteiger charge is 2.12. The van der Waals surface area contributed by atoms with Gasteiger partial charge in [0.1, 0.15) is 5.82 Å². The Balaban J connectivity index is 1.97. The summed E-state index contributed by atoms with van der Waals surface area (Å²) in [5.74, 6) is -0.243. The van der Waals surface area contributed by atoms with Gasteiger partial charge in [0.15, 0.2) is 0 Å². The van der Waals surface area contributed by atoms with E-state index in [4.69, 9.17) is 0 Å². The van der Waals surface area contributed by atoms with Crippen molar-refractivity contribution in [3.05, 3.63) is 114 Å². The maximum absolute atomic E-state index is 13.3. The minimum atomic E-state index is -0.243. The van der Waals surface area contributed by atoms with Crippen LogP contribution < -0.4 is 4.90 Å². The maximum Gasteiger partial charge on any atom is 0.123 e. The summed E-state index contributed by atoms with van der Waals surface area (Å²) in [6.45, 7) is 8.10. The van der Waals surface area contributed by atoms with E-state index in [0.717, 1.165) is 23.4 Å². The summed E-state index contributed by atoms with van der Waals surface area (Å²) in [5, 5.41) is 0. The van der Waals surface area contributed by atoms with Crippen molar-refractivity contribution in [2.75, 3.05) is 4.90 Å². The van der Waals surface area contributed by atoms with Gasteiger partial charge in [0.2, 0.25) is 0 Å². The van der Waals surface area contributed by atoms with Crippen LogP contribution in [0.4, 0.5) is 15.8 Å². The third-order valence-electron chi connectivity index (χ3n) is 4.71. The highest BCUT2D eigenvalue weighted by atomic mass is 19.1. The molecule has 0 unspecified atom stereocenters. The number of hydrogen-bond donors (Lipinski definition) is 0. The molecule has 0 aliphatic heterocycles. The second kappa shape index (κ2) is 8.50. The molecule has 3 rings (SSSR count). The molecule has 2 heteroatoms. The molecule has 0 amide bonds. The first-order chi connectivity index (χ1) is 13.1. The quantitative estimate of drug-likeness (QED) is 0.456. The molecule has 3 aromatic rings. The Morgan fingerprint density at radius 2 is 1.70 bits per heavy atom. The third kappa shape index (κ3) is 4.35. The first-order valence-corrected chi connectivity index (χ1v) is 9.10. The average molecular weight is 357 g/mol. The molecule has 0 spiro atoms. The van der Waals surface area contributed by atoms with Crippen molar-refractivity contribution in [1.82, 2.24) is 0 Å². The molecule has 0 aromatic heterocycles. The molecular formula is C25H24FN. The Hall–Kier alpha value is -3.13. The SMILES string of the molecule is C=CN(c1ccc(F)cc1)c1cc(/C(=C/C)Cc2ccccc2)ccc1C. The smallest absolute Gasteiger partial charge is 0.123 e. The van der Waals surface area contributed by atoms with Crippen molar-refractivity contribution >= 4 is 16.9 Å². The van der Waals surface area contributed by atoms with Crippen LogP contribution in [0.1, 0.15) is 23.6 Å². The first-order valence-electron chi connectivity index (χ1n) is 9.10. The number of hydrogen-bond acceptors (Lipinski definition) is 1. The summed E-state index contributed by atoms with van der Waals surface area (Å²) in [6.07, 6.45) is 4.81. The standard InChI is InChI=1S/C25H24FN/c1-4-21(17-20-9-7-6-8-10-20)22-12-11-19(3)25(18-22)27(5-2)24-15-13-23(26)14-16-24/h4-16,18H,2,17H2,1,3H3/b21-4+. The van der Waals surface area contributed by atoms with Crippen LogP contribution in [0.15, 0.2) is 91.7 Å². The summed E-state index contributed by atoms with van der Waals surface area (Å²) in [7, 11) is 0. The molecule has 0 aliphatic carbocycles. The van der Waals surface area contributed by atoms with Crippen molar-refractivity contribution in [2.24, 2.45) is 0 Å². The number of allylic oxidation sites excluding steroid dienone is 2. The lowest BCUT2D eigenvalue weighted by molar-refractivity contribution is 0.628. The van der Waals surface area contributed by atoms with Crippen LogP contribution in [0, 0.1) is 12.7 Å². The van der Waals surface area contributed by atoms with Crippen molar-refractivity contribution in [1.29, 1.82) is 0 Å². The van der Waals surface area contributed by atoms with Gasteiger partial charge in [0.05, 0.1) is 0 Å². The topological polar surface area (TPSA) is 3.24 Å². The van der Waals surface area contributed by atoms with E-state index in [1.807, 2.05) is 11.0 Å². The lowest BCUT2D eigenvalue weighted by Crippen LogP contribution is -2.10. The molecule has 0 radical (unpaired) electrons. The fourth-order valence-corrected chi connectivity index (χ4v) is 3.20. The molecule has 0 bridgehead atoms. The van der Waals surface area contributed by atoms with Crippen molar-refractivity contribution < 1.29 is 4.39 Å². The number of benzene rings is 3. The van der Waals surface area contributed by atoms with Gasteiger partial charge in [-0.25, -0.2) is 4.39 Å². The van der Waals surface area contributed by atoms with Crippen LogP contribution in [-0.4, -0.2) is 0 Å². The Morgan fingerprint density at radius 1 is 1.00 bits per heavy atom. The van der Waals surface area contributed by atoms with Crippen molar-refractivity contribution in [2.45, 2.75) is 20.3 Å². The molecule has 27 heavy (non-hydrogen) atoms. The normalized spacial score (nSPS) is 11.3. The number of nitrogens with zero attached hydrogens (tertiary/aromatic N) is 1. The van der Waals surface area contributed by atoms with E-state index in [1.165, 1.54) is 28.8 Å². The Labute approximate surface area is 161 Å². The minimum absolute atomic E-state index is 0.243. The minimum Gasteiger partial charge on any atom is -0.317 e. The van der Waals surface area contributed by atoms with Gasteiger partial charge in [-0.05, 0) is 72.9 Å².